The summed E-state index contributed by atoms with van der Waals surface area (Å²) < 4.78 is 10.5. The van der Waals surface area contributed by atoms with E-state index in [1.165, 1.54) is 13.0 Å². The monoisotopic (exact) mass is 587 g/mol. The van der Waals surface area contributed by atoms with Gasteiger partial charge in [-0.15, -0.1) is 0 Å². The van der Waals surface area contributed by atoms with Crippen LogP contribution >= 0.6 is 58.0 Å². The van der Waals surface area contributed by atoms with Crippen LogP contribution in [0.2, 0.25) is 26.0 Å². The summed E-state index contributed by atoms with van der Waals surface area (Å²) in [5.41, 5.74) is 0. The normalized spacial score (nSPS) is 18.7. The van der Waals surface area contributed by atoms with Gasteiger partial charge in [0, 0.05) is 38.2 Å². The summed E-state index contributed by atoms with van der Waals surface area (Å²) in [6.07, 6.45) is 0. The predicted molar refractivity (Wildman–Crippen MR) is 143 cm³/mol. The van der Waals surface area contributed by atoms with Crippen LogP contribution in [0, 0.1) is 11.3 Å². The van der Waals surface area contributed by atoms with Gasteiger partial charge in [0.2, 0.25) is 10.6 Å². The van der Waals surface area contributed by atoms with E-state index >= 15 is 0 Å². The molecule has 0 aliphatic carbocycles. The Kier molecular flexibility index (Phi) is 18.3. The van der Waals surface area contributed by atoms with E-state index in [-0.39, 0.29) is 34.3 Å². The summed E-state index contributed by atoms with van der Waals surface area (Å²) in [5.74, 6) is 0.760. The van der Waals surface area contributed by atoms with Crippen molar-refractivity contribution < 1.29 is 9.47 Å². The highest BCUT2D eigenvalue weighted by atomic mass is 35.5. The van der Waals surface area contributed by atoms with Gasteiger partial charge in [-0.25, -0.2) is 19.9 Å². The van der Waals surface area contributed by atoms with Crippen LogP contribution < -0.4 is 10.2 Å². The molecule has 0 amide bonds. The van der Waals surface area contributed by atoms with Crippen molar-refractivity contribution in [3.63, 3.8) is 0 Å². The summed E-state index contributed by atoms with van der Waals surface area (Å²) in [6, 6.07) is 5.72. The average molecular weight is 590 g/mol. The lowest BCUT2D eigenvalue weighted by Crippen LogP contribution is -2.44. The Bertz CT molecular complexity index is 843. The average Bonchev–Trinajstić information content (AvgIpc) is 2.74. The highest BCUT2D eigenvalue weighted by molar-refractivity contribution is 6.35. The minimum absolute atomic E-state index is 0. The molecule has 0 spiro atoms. The van der Waals surface area contributed by atoms with Gasteiger partial charge in [-0.1, -0.05) is 42.2 Å². The summed E-state index contributed by atoms with van der Waals surface area (Å²) >= 11 is 27.8. The van der Waals surface area contributed by atoms with Crippen molar-refractivity contribution in [1.29, 1.82) is 5.26 Å². The topological polar surface area (TPSA) is 109 Å². The number of halogens is 5. The first-order chi connectivity index (χ1) is 16.2. The molecule has 0 aromatic carbocycles. The van der Waals surface area contributed by atoms with Crippen molar-refractivity contribution in [3.05, 3.63) is 38.2 Å². The first-order valence-corrected chi connectivity index (χ1v) is 12.1. The van der Waals surface area contributed by atoms with E-state index in [4.69, 9.17) is 72.7 Å². The zero-order valence-electron chi connectivity index (χ0n) is 18.9. The lowest BCUT2D eigenvalue weighted by Gasteiger charge is -2.34. The summed E-state index contributed by atoms with van der Waals surface area (Å²) in [4.78, 5) is 17.2. The van der Waals surface area contributed by atoms with Gasteiger partial charge >= 0.3 is 0 Å². The number of hydrogen-bond donors (Lipinski definition) is 1. The number of anilines is 1. The fourth-order valence-corrected chi connectivity index (χ4v) is 3.74. The van der Waals surface area contributed by atoms with Crippen LogP contribution in [0.3, 0.4) is 0 Å². The molecule has 35 heavy (non-hydrogen) atoms. The minimum atomic E-state index is 0. The van der Waals surface area contributed by atoms with E-state index in [1.807, 2.05) is 0 Å². The maximum atomic E-state index is 7.32. The Labute approximate surface area is 232 Å². The Morgan fingerprint density at radius 1 is 0.914 bits per heavy atom. The fraction of sp³-hybridized carbons (Fsp3) is 0.571. The maximum Gasteiger partial charge on any atom is 0.225 e. The maximum absolute atomic E-state index is 7.32. The first-order valence-electron chi connectivity index (χ1n) is 10.2. The molecule has 0 unspecified atom stereocenters. The van der Waals surface area contributed by atoms with E-state index in [0.29, 0.717) is 24.4 Å². The van der Waals surface area contributed by atoms with Crippen molar-refractivity contribution >= 4 is 63.8 Å². The van der Waals surface area contributed by atoms with Crippen LogP contribution in [0.1, 0.15) is 28.2 Å². The molecule has 9 nitrogen and oxygen atoms in total. The second-order valence-corrected chi connectivity index (χ2v) is 8.71. The highest BCUT2D eigenvalue weighted by Crippen LogP contribution is 2.21. The molecule has 2 aliphatic rings. The van der Waals surface area contributed by atoms with Crippen molar-refractivity contribution in [3.8, 4) is 6.07 Å². The molecule has 0 saturated carbocycles. The molecule has 0 radical (unpaired) electrons. The molecule has 2 saturated heterocycles. The molecular formula is C21H30Cl5N7O2. The van der Waals surface area contributed by atoms with Gasteiger partial charge in [0.1, 0.15) is 21.3 Å². The van der Waals surface area contributed by atoms with Crippen LogP contribution in [0.15, 0.2) is 12.1 Å². The third kappa shape index (κ3) is 14.8. The molecule has 196 valence electrons. The largest absolute Gasteiger partial charge is 0.379 e. The molecule has 2 aliphatic heterocycles. The minimum Gasteiger partial charge on any atom is -0.379 e. The number of morpholine rings is 2. The van der Waals surface area contributed by atoms with E-state index in [2.05, 4.69) is 44.0 Å². The molecule has 2 aromatic heterocycles. The first kappa shape index (κ1) is 33.8. The van der Waals surface area contributed by atoms with Crippen molar-refractivity contribution in [1.82, 2.24) is 25.3 Å². The van der Waals surface area contributed by atoms with Gasteiger partial charge in [-0.2, -0.15) is 5.26 Å². The molecule has 4 rings (SSSR count). The third-order valence-electron chi connectivity index (χ3n) is 4.06. The van der Waals surface area contributed by atoms with Crippen LogP contribution in [0.25, 0.3) is 0 Å². The van der Waals surface area contributed by atoms with Crippen molar-refractivity contribution in [2.75, 3.05) is 44.4 Å². The van der Waals surface area contributed by atoms with Crippen molar-refractivity contribution in [2.24, 2.45) is 0 Å². The number of nitriles is 1. The summed E-state index contributed by atoms with van der Waals surface area (Å²) in [6.45, 7) is 10.6. The van der Waals surface area contributed by atoms with Crippen molar-refractivity contribution in [2.45, 2.75) is 40.3 Å². The highest BCUT2D eigenvalue weighted by Gasteiger charge is 2.21. The standard InChI is InChI=1S/C9H11Cl2N3O.C5H11NO.C4HCl3N2.C2H3N.CH4/c1-6-5-15-3-2-14(6)8-4-7(10)12-9(11)13-8;1-5-4-7-3-2-6-5;5-2-1-3(6)9-4(7)8-2;1-2-3;/h4,6H,2-3,5H2,1H3;5-6H,2-4H2,1H3;1H;1H3;1H4/t6-;5-;;;/m11.../s1. The second kappa shape index (κ2) is 19.0. The molecule has 4 heterocycles. The van der Waals surface area contributed by atoms with Gasteiger partial charge in [-0.3, -0.25) is 0 Å². The number of nitrogens with one attached hydrogen (secondary N) is 1. The van der Waals surface area contributed by atoms with E-state index in [9.17, 15) is 0 Å². The van der Waals surface area contributed by atoms with Crippen LogP contribution in [-0.4, -0.2) is 71.5 Å². The SMILES string of the molecule is C.CC#N.C[C@@H]1COCCN1.C[C@@H]1COCCN1c1cc(Cl)nc(Cl)n1.Clc1cc(Cl)nc(Cl)n1. The Balaban J connectivity index is 0.000000496. The van der Waals surface area contributed by atoms with Gasteiger partial charge in [0.15, 0.2) is 0 Å². The summed E-state index contributed by atoms with van der Waals surface area (Å²) in [7, 11) is 0. The van der Waals surface area contributed by atoms with Gasteiger partial charge in [0.25, 0.3) is 0 Å². The number of ether oxygens (including phenoxy) is 2. The molecule has 1 N–H and O–H groups in total. The smallest absolute Gasteiger partial charge is 0.225 e. The number of nitrogens with zero attached hydrogens (tertiary/aromatic N) is 6. The Morgan fingerprint density at radius 3 is 1.83 bits per heavy atom. The molecule has 2 atom stereocenters. The third-order valence-corrected chi connectivity index (χ3v) is 4.98. The van der Waals surface area contributed by atoms with Crippen LogP contribution in [0.4, 0.5) is 5.82 Å². The van der Waals surface area contributed by atoms with Crippen LogP contribution in [-0.2, 0) is 9.47 Å². The van der Waals surface area contributed by atoms with E-state index in [0.717, 1.165) is 32.1 Å². The Hall–Kier alpha value is -1.22. The molecular weight excluding hydrogens is 560 g/mol. The van der Waals surface area contributed by atoms with Crippen LogP contribution in [0.5, 0.6) is 0 Å². The number of aromatic nitrogens is 4. The predicted octanol–water partition coefficient (Wildman–Crippen LogP) is 5.61. The number of hydrogen-bond acceptors (Lipinski definition) is 9. The van der Waals surface area contributed by atoms with Gasteiger partial charge in [0.05, 0.1) is 38.5 Å². The lowest BCUT2D eigenvalue weighted by atomic mass is 10.2. The van der Waals surface area contributed by atoms with Gasteiger partial charge in [-0.05, 0) is 37.0 Å². The Morgan fingerprint density at radius 2 is 1.43 bits per heavy atom. The summed E-state index contributed by atoms with van der Waals surface area (Å²) in [5, 5.41) is 11.7. The molecule has 2 aromatic rings. The zero-order chi connectivity index (χ0) is 25.5. The second-order valence-electron chi connectivity index (χ2n) is 6.87. The lowest BCUT2D eigenvalue weighted by molar-refractivity contribution is 0.0824. The fourth-order valence-electron chi connectivity index (χ4n) is 2.65. The quantitative estimate of drug-likeness (QED) is 0.335. The van der Waals surface area contributed by atoms with E-state index < -0.39 is 0 Å². The molecule has 14 heteroatoms. The van der Waals surface area contributed by atoms with E-state index in [1.54, 1.807) is 12.1 Å². The molecule has 2 fully saturated rings. The van der Waals surface area contributed by atoms with Gasteiger partial charge < -0.3 is 19.7 Å². The molecule has 0 bridgehead atoms. The number of rotatable bonds is 1. The zero-order valence-corrected chi connectivity index (χ0v) is 22.7.